The number of hydrogen-bond donors (Lipinski definition) is 2. The van der Waals surface area contributed by atoms with Gasteiger partial charge < -0.3 is 11.1 Å². The number of rotatable bonds is 6. The minimum Gasteiger partial charge on any atom is -0.364 e. The molecule has 4 nitrogen and oxygen atoms in total. The molecule has 0 radical (unpaired) electrons. The fourth-order valence-electron chi connectivity index (χ4n) is 3.04. The van der Waals surface area contributed by atoms with Gasteiger partial charge in [-0.25, -0.2) is 4.98 Å². The maximum Gasteiger partial charge on any atom is 0.224 e. The molecule has 0 saturated heterocycles. The molecule has 0 fully saturated rings. The number of halogens is 1. The van der Waals surface area contributed by atoms with Gasteiger partial charge >= 0.3 is 0 Å². The Morgan fingerprint density at radius 2 is 1.96 bits per heavy atom. The van der Waals surface area contributed by atoms with Crippen molar-refractivity contribution in [1.29, 1.82) is 0 Å². The summed E-state index contributed by atoms with van der Waals surface area (Å²) >= 11 is 9.69. The molecule has 3 N–H and O–H groups in total. The normalized spacial score (nSPS) is 12.4. The predicted octanol–water partition coefficient (Wildman–Crippen LogP) is 5.58. The zero-order valence-electron chi connectivity index (χ0n) is 14.8. The lowest BCUT2D eigenvalue weighted by Crippen LogP contribution is -2.17. The van der Waals surface area contributed by atoms with Gasteiger partial charge in [0.05, 0.1) is 16.8 Å². The highest BCUT2D eigenvalue weighted by molar-refractivity contribution is 7.20. The van der Waals surface area contributed by atoms with Gasteiger partial charge in [-0.05, 0) is 42.0 Å². The van der Waals surface area contributed by atoms with E-state index >= 15 is 0 Å². The number of thiophene rings is 2. The first-order valence-corrected chi connectivity index (χ1v) is 10.8. The monoisotopic (exact) mass is 414 g/mol. The average Bonchev–Trinajstić information content (AvgIpc) is 3.27. The molecule has 0 saturated carbocycles. The minimum absolute atomic E-state index is 0.0616. The lowest BCUT2D eigenvalue weighted by atomic mass is 10.0. The number of aromatic nitrogens is 2. The van der Waals surface area contributed by atoms with Crippen molar-refractivity contribution < 1.29 is 0 Å². The van der Waals surface area contributed by atoms with Crippen LogP contribution in [0.15, 0.2) is 47.8 Å². The van der Waals surface area contributed by atoms with Gasteiger partial charge in [0.2, 0.25) is 5.28 Å². The minimum atomic E-state index is 0.0616. The van der Waals surface area contributed by atoms with E-state index < -0.39 is 0 Å². The number of nitrogens with zero attached hydrogens (tertiary/aromatic N) is 2. The summed E-state index contributed by atoms with van der Waals surface area (Å²) in [6.07, 6.45) is 0.785. The lowest BCUT2D eigenvalue weighted by molar-refractivity contribution is 0.747. The number of fused-ring (bicyclic) bond motifs is 1. The zero-order chi connectivity index (χ0) is 18.8. The van der Waals surface area contributed by atoms with Crippen LogP contribution < -0.4 is 11.1 Å². The van der Waals surface area contributed by atoms with E-state index in [2.05, 4.69) is 38.9 Å². The van der Waals surface area contributed by atoms with Gasteiger partial charge in [0.1, 0.15) is 5.82 Å². The van der Waals surface area contributed by atoms with Gasteiger partial charge in [0.25, 0.3) is 0 Å². The maximum atomic E-state index is 6.28. The van der Waals surface area contributed by atoms with Gasteiger partial charge in [-0.1, -0.05) is 36.4 Å². The van der Waals surface area contributed by atoms with Gasteiger partial charge in [0.15, 0.2) is 0 Å². The number of nitrogens with two attached hydrogens (primary N) is 1. The Labute approximate surface area is 171 Å². The highest BCUT2D eigenvalue weighted by Crippen LogP contribution is 2.41. The van der Waals surface area contributed by atoms with Crippen LogP contribution >= 0.6 is 34.3 Å². The van der Waals surface area contributed by atoms with E-state index in [1.54, 1.807) is 22.7 Å². The van der Waals surface area contributed by atoms with Crippen LogP contribution in [0.1, 0.15) is 16.7 Å². The molecule has 27 heavy (non-hydrogen) atoms. The van der Waals surface area contributed by atoms with Crippen LogP contribution in [0.3, 0.4) is 0 Å². The van der Waals surface area contributed by atoms with E-state index in [1.807, 2.05) is 31.2 Å². The second-order valence-corrected chi connectivity index (χ2v) is 8.88. The molecule has 0 spiro atoms. The Hall–Kier alpha value is -1.99. The average molecular weight is 415 g/mol. The fraction of sp³-hybridized carbons (Fsp3) is 0.200. The van der Waals surface area contributed by atoms with Crippen LogP contribution in [-0.2, 0) is 13.0 Å². The van der Waals surface area contributed by atoms with E-state index in [-0.39, 0.29) is 11.3 Å². The Kier molecular flexibility index (Phi) is 5.41. The smallest absolute Gasteiger partial charge is 0.224 e. The molecular formula is C20H19ClN4S2. The molecule has 138 valence electrons. The fourth-order valence-corrected chi connectivity index (χ4v) is 5.22. The maximum absolute atomic E-state index is 6.28. The predicted molar refractivity (Wildman–Crippen MR) is 117 cm³/mol. The van der Waals surface area contributed by atoms with Gasteiger partial charge in [-0.2, -0.15) is 4.98 Å². The summed E-state index contributed by atoms with van der Waals surface area (Å²) in [5.41, 5.74) is 9.23. The van der Waals surface area contributed by atoms with E-state index in [9.17, 15) is 0 Å². The molecule has 3 heterocycles. The Balaban J connectivity index is 1.84. The highest BCUT2D eigenvalue weighted by Gasteiger charge is 2.20. The number of anilines is 1. The van der Waals surface area contributed by atoms with E-state index in [0.29, 0.717) is 6.54 Å². The van der Waals surface area contributed by atoms with Crippen LogP contribution in [0.5, 0.6) is 0 Å². The summed E-state index contributed by atoms with van der Waals surface area (Å²) in [5, 5.41) is 5.75. The first-order chi connectivity index (χ1) is 13.1. The van der Waals surface area contributed by atoms with Crippen molar-refractivity contribution in [3.05, 3.63) is 62.9 Å². The molecule has 1 unspecified atom stereocenters. The third-order valence-electron chi connectivity index (χ3n) is 4.16. The van der Waals surface area contributed by atoms with E-state index in [0.717, 1.165) is 33.6 Å². The molecule has 4 aromatic rings. The summed E-state index contributed by atoms with van der Waals surface area (Å²) < 4.78 is 1.02. The molecule has 0 aliphatic heterocycles. The molecule has 0 amide bonds. The molecule has 0 bridgehead atoms. The van der Waals surface area contributed by atoms with Gasteiger partial charge in [-0.15, -0.1) is 22.7 Å². The lowest BCUT2D eigenvalue weighted by Gasteiger charge is -2.07. The molecule has 1 aromatic carbocycles. The quantitative estimate of drug-likeness (QED) is 0.404. The molecule has 3 aromatic heterocycles. The second kappa shape index (κ2) is 7.94. The first kappa shape index (κ1) is 18.4. The standard InChI is InChI=1S/C20H19ClN4S2/c1-12(22)10-15-16(13-6-3-2-4-7-13)17-18(27-15)19(25-20(21)24-17)23-11-14-8-5-9-26-14/h2-9,12H,10-11,22H2,1H3,(H,23,24,25). The third kappa shape index (κ3) is 3.99. The van der Waals surface area contributed by atoms with Crippen molar-refractivity contribution in [1.82, 2.24) is 9.97 Å². The zero-order valence-corrected chi connectivity index (χ0v) is 17.2. The van der Waals surface area contributed by atoms with E-state index in [4.69, 9.17) is 17.3 Å². The second-order valence-electron chi connectivity index (χ2n) is 6.40. The topological polar surface area (TPSA) is 63.8 Å². The summed E-state index contributed by atoms with van der Waals surface area (Å²) in [7, 11) is 0. The third-order valence-corrected chi connectivity index (χ3v) is 6.41. The Morgan fingerprint density at radius 1 is 1.15 bits per heavy atom. The van der Waals surface area contributed by atoms with Crippen molar-refractivity contribution in [2.45, 2.75) is 25.9 Å². The molecule has 0 aliphatic carbocycles. The molecule has 4 rings (SSSR count). The largest absolute Gasteiger partial charge is 0.364 e. The van der Waals surface area contributed by atoms with Crippen LogP contribution in [0.4, 0.5) is 5.82 Å². The van der Waals surface area contributed by atoms with Crippen LogP contribution in [-0.4, -0.2) is 16.0 Å². The van der Waals surface area contributed by atoms with Crippen molar-refractivity contribution >= 4 is 50.3 Å². The van der Waals surface area contributed by atoms with Crippen molar-refractivity contribution in [2.24, 2.45) is 5.73 Å². The number of benzene rings is 1. The van der Waals surface area contributed by atoms with Crippen LogP contribution in [0.25, 0.3) is 21.3 Å². The Bertz CT molecular complexity index is 1040. The van der Waals surface area contributed by atoms with Crippen LogP contribution in [0, 0.1) is 0 Å². The SMILES string of the molecule is CC(N)Cc1sc2c(NCc3cccs3)nc(Cl)nc2c1-c1ccccc1. The molecule has 0 aliphatic rings. The summed E-state index contributed by atoms with van der Waals surface area (Å²) in [6.45, 7) is 2.73. The van der Waals surface area contributed by atoms with Crippen LogP contribution in [0.2, 0.25) is 5.28 Å². The number of nitrogens with one attached hydrogen (secondary N) is 1. The summed E-state index contributed by atoms with van der Waals surface area (Å²) in [5.74, 6) is 0.775. The van der Waals surface area contributed by atoms with Gasteiger partial charge in [-0.3, -0.25) is 0 Å². The van der Waals surface area contributed by atoms with Gasteiger partial charge in [0, 0.05) is 21.4 Å². The summed E-state index contributed by atoms with van der Waals surface area (Å²) in [6, 6.07) is 14.5. The first-order valence-electron chi connectivity index (χ1n) is 8.68. The summed E-state index contributed by atoms with van der Waals surface area (Å²) in [4.78, 5) is 11.5. The van der Waals surface area contributed by atoms with E-state index in [1.165, 1.54) is 9.75 Å². The van der Waals surface area contributed by atoms with Crippen molar-refractivity contribution in [2.75, 3.05) is 5.32 Å². The Morgan fingerprint density at radius 3 is 2.67 bits per heavy atom. The molecule has 7 heteroatoms. The molecular weight excluding hydrogens is 396 g/mol. The molecule has 1 atom stereocenters. The highest BCUT2D eigenvalue weighted by atomic mass is 35.5. The number of hydrogen-bond acceptors (Lipinski definition) is 6. The van der Waals surface area contributed by atoms with Crippen molar-refractivity contribution in [3.63, 3.8) is 0 Å². The van der Waals surface area contributed by atoms with Crippen molar-refractivity contribution in [3.8, 4) is 11.1 Å².